The predicted octanol–water partition coefficient (Wildman–Crippen LogP) is 1.86. The van der Waals surface area contributed by atoms with E-state index in [4.69, 9.17) is 9.47 Å². The van der Waals surface area contributed by atoms with Gasteiger partial charge >= 0.3 is 0 Å². The zero-order chi connectivity index (χ0) is 17.5. The van der Waals surface area contributed by atoms with Crippen LogP contribution < -0.4 is 10.6 Å². The molecule has 0 aromatic carbocycles. The number of aliphatic imine (C=N–C) groups is 1. The highest BCUT2D eigenvalue weighted by Crippen LogP contribution is 2.19. The van der Waals surface area contributed by atoms with Crippen molar-refractivity contribution < 1.29 is 9.47 Å². The summed E-state index contributed by atoms with van der Waals surface area (Å²) in [6.45, 7) is 5.30. The van der Waals surface area contributed by atoms with Gasteiger partial charge in [0.25, 0.3) is 0 Å². The molecule has 0 bridgehead atoms. The van der Waals surface area contributed by atoms with Crippen molar-refractivity contribution in [3.05, 3.63) is 0 Å². The van der Waals surface area contributed by atoms with Gasteiger partial charge in [-0.2, -0.15) is 0 Å². The molecule has 0 saturated heterocycles. The molecule has 1 saturated carbocycles. The van der Waals surface area contributed by atoms with Gasteiger partial charge in [-0.3, -0.25) is 4.99 Å². The predicted molar refractivity (Wildman–Crippen MR) is 101 cm³/mol. The van der Waals surface area contributed by atoms with Gasteiger partial charge in [-0.15, -0.1) is 0 Å². The summed E-state index contributed by atoms with van der Waals surface area (Å²) in [5.74, 6) is 0.860. The fourth-order valence-electron chi connectivity index (χ4n) is 2.94. The van der Waals surface area contributed by atoms with Crippen LogP contribution in [0, 0.1) is 0 Å². The summed E-state index contributed by atoms with van der Waals surface area (Å²) in [5, 5.41) is 6.68. The Kier molecular flexibility index (Phi) is 12.8. The van der Waals surface area contributed by atoms with E-state index >= 15 is 0 Å². The third-order valence-electron chi connectivity index (χ3n) is 4.46. The van der Waals surface area contributed by atoms with Crippen LogP contribution in [0.5, 0.6) is 0 Å². The molecule has 0 heterocycles. The van der Waals surface area contributed by atoms with E-state index < -0.39 is 0 Å². The molecular formula is C18H38N4O2. The maximum Gasteiger partial charge on any atom is 0.191 e. The second-order valence-corrected chi connectivity index (χ2v) is 6.56. The molecule has 0 radical (unpaired) electrons. The Morgan fingerprint density at radius 1 is 1.04 bits per heavy atom. The van der Waals surface area contributed by atoms with Crippen molar-refractivity contribution >= 4 is 5.96 Å². The van der Waals surface area contributed by atoms with Crippen LogP contribution in [0.1, 0.15) is 44.9 Å². The Bertz CT molecular complexity index is 318. The summed E-state index contributed by atoms with van der Waals surface area (Å²) in [6.07, 6.45) is 9.38. The number of guanidine groups is 1. The number of hydrogen-bond acceptors (Lipinski definition) is 4. The molecule has 1 rings (SSSR count). The SMILES string of the molecule is CN=C(NCCCN(C)CCOC)NCCOC1CCCCCC1. The van der Waals surface area contributed by atoms with Gasteiger partial charge in [-0.25, -0.2) is 0 Å². The highest BCUT2D eigenvalue weighted by molar-refractivity contribution is 5.79. The Balaban J connectivity index is 2.01. The molecule has 2 N–H and O–H groups in total. The zero-order valence-electron chi connectivity index (χ0n) is 16.0. The van der Waals surface area contributed by atoms with Crippen LogP contribution in [0.2, 0.25) is 0 Å². The van der Waals surface area contributed by atoms with Gasteiger partial charge in [-0.1, -0.05) is 25.7 Å². The van der Waals surface area contributed by atoms with Crippen molar-refractivity contribution in [3.8, 4) is 0 Å². The normalized spacial score (nSPS) is 17.1. The monoisotopic (exact) mass is 342 g/mol. The average molecular weight is 343 g/mol. The van der Waals surface area contributed by atoms with Crippen molar-refractivity contribution in [2.75, 3.05) is 60.6 Å². The molecule has 1 aliphatic carbocycles. The lowest BCUT2D eigenvalue weighted by molar-refractivity contribution is 0.0468. The number of nitrogens with zero attached hydrogens (tertiary/aromatic N) is 2. The molecular weight excluding hydrogens is 304 g/mol. The highest BCUT2D eigenvalue weighted by atomic mass is 16.5. The molecule has 1 fully saturated rings. The summed E-state index contributed by atoms with van der Waals surface area (Å²) in [5.41, 5.74) is 0. The van der Waals surface area contributed by atoms with Gasteiger partial charge in [0.05, 0.1) is 19.3 Å². The van der Waals surface area contributed by atoms with Crippen LogP contribution in [0.3, 0.4) is 0 Å². The van der Waals surface area contributed by atoms with E-state index in [9.17, 15) is 0 Å². The summed E-state index contributed by atoms with van der Waals surface area (Å²) in [4.78, 5) is 6.54. The molecule has 142 valence electrons. The van der Waals surface area contributed by atoms with E-state index in [1.165, 1.54) is 38.5 Å². The molecule has 0 atom stereocenters. The van der Waals surface area contributed by atoms with Crippen molar-refractivity contribution in [3.63, 3.8) is 0 Å². The second kappa shape index (κ2) is 14.5. The fraction of sp³-hybridized carbons (Fsp3) is 0.944. The molecule has 0 amide bonds. The van der Waals surface area contributed by atoms with Crippen molar-refractivity contribution in [2.24, 2.45) is 4.99 Å². The first-order valence-electron chi connectivity index (χ1n) is 9.50. The molecule has 0 aromatic rings. The first kappa shape index (κ1) is 21.2. The Hall–Kier alpha value is -0.850. The van der Waals surface area contributed by atoms with E-state index in [1.807, 2.05) is 7.05 Å². The molecule has 6 nitrogen and oxygen atoms in total. The number of ether oxygens (including phenoxy) is 2. The first-order chi connectivity index (χ1) is 11.8. The topological polar surface area (TPSA) is 58.1 Å². The Morgan fingerprint density at radius 2 is 1.75 bits per heavy atom. The van der Waals surface area contributed by atoms with Crippen molar-refractivity contribution in [1.29, 1.82) is 0 Å². The average Bonchev–Trinajstić information content (AvgIpc) is 2.87. The van der Waals surface area contributed by atoms with Crippen LogP contribution in [-0.2, 0) is 9.47 Å². The number of methoxy groups -OCH3 is 1. The molecule has 0 aromatic heterocycles. The van der Waals surface area contributed by atoms with E-state index in [0.29, 0.717) is 6.10 Å². The molecule has 1 aliphatic rings. The quantitative estimate of drug-likeness (QED) is 0.260. The maximum atomic E-state index is 5.99. The molecule has 0 aliphatic heterocycles. The number of rotatable bonds is 11. The first-order valence-corrected chi connectivity index (χ1v) is 9.50. The van der Waals surface area contributed by atoms with E-state index in [0.717, 1.165) is 51.8 Å². The minimum absolute atomic E-state index is 0.465. The summed E-state index contributed by atoms with van der Waals surface area (Å²) < 4.78 is 11.1. The van der Waals surface area contributed by atoms with Gasteiger partial charge in [0.2, 0.25) is 0 Å². The number of nitrogens with one attached hydrogen (secondary N) is 2. The fourth-order valence-corrected chi connectivity index (χ4v) is 2.94. The lowest BCUT2D eigenvalue weighted by Gasteiger charge is -2.18. The minimum Gasteiger partial charge on any atom is -0.383 e. The van der Waals surface area contributed by atoms with Crippen LogP contribution in [0.15, 0.2) is 4.99 Å². The van der Waals surface area contributed by atoms with Crippen molar-refractivity contribution in [2.45, 2.75) is 51.0 Å². The van der Waals surface area contributed by atoms with Gasteiger partial charge in [-0.05, 0) is 32.9 Å². The van der Waals surface area contributed by atoms with E-state index in [1.54, 1.807) is 7.11 Å². The molecule has 6 heteroatoms. The van der Waals surface area contributed by atoms with Crippen LogP contribution in [-0.4, -0.2) is 77.6 Å². The Morgan fingerprint density at radius 3 is 2.42 bits per heavy atom. The smallest absolute Gasteiger partial charge is 0.191 e. The maximum absolute atomic E-state index is 5.99. The lowest BCUT2D eigenvalue weighted by atomic mass is 10.1. The zero-order valence-corrected chi connectivity index (χ0v) is 16.0. The second-order valence-electron chi connectivity index (χ2n) is 6.56. The largest absolute Gasteiger partial charge is 0.383 e. The van der Waals surface area contributed by atoms with Crippen LogP contribution >= 0.6 is 0 Å². The minimum atomic E-state index is 0.465. The number of likely N-dealkylation sites (N-methyl/N-ethyl adjacent to an activating group) is 1. The Labute approximate surface area is 148 Å². The van der Waals surface area contributed by atoms with Crippen LogP contribution in [0.4, 0.5) is 0 Å². The van der Waals surface area contributed by atoms with Gasteiger partial charge < -0.3 is 25.0 Å². The third kappa shape index (κ3) is 10.8. The third-order valence-corrected chi connectivity index (χ3v) is 4.46. The summed E-state index contributed by atoms with van der Waals surface area (Å²) in [7, 11) is 5.67. The molecule has 24 heavy (non-hydrogen) atoms. The number of hydrogen-bond donors (Lipinski definition) is 2. The van der Waals surface area contributed by atoms with Gasteiger partial charge in [0, 0.05) is 33.8 Å². The van der Waals surface area contributed by atoms with Crippen molar-refractivity contribution in [1.82, 2.24) is 15.5 Å². The highest BCUT2D eigenvalue weighted by Gasteiger charge is 2.12. The van der Waals surface area contributed by atoms with Crippen LogP contribution in [0.25, 0.3) is 0 Å². The molecule has 0 spiro atoms. The van der Waals surface area contributed by atoms with E-state index in [-0.39, 0.29) is 0 Å². The van der Waals surface area contributed by atoms with Gasteiger partial charge in [0.1, 0.15) is 0 Å². The van der Waals surface area contributed by atoms with Gasteiger partial charge in [0.15, 0.2) is 5.96 Å². The lowest BCUT2D eigenvalue weighted by Crippen LogP contribution is -2.40. The summed E-state index contributed by atoms with van der Waals surface area (Å²) in [6, 6.07) is 0. The summed E-state index contributed by atoms with van der Waals surface area (Å²) >= 11 is 0. The molecule has 0 unspecified atom stereocenters. The standard InChI is InChI=1S/C18H38N4O2/c1-19-18(20-11-8-13-22(2)14-16-23-3)21-12-15-24-17-9-6-4-5-7-10-17/h17H,4-16H2,1-3H3,(H2,19,20,21). The van der Waals surface area contributed by atoms with E-state index in [2.05, 4.69) is 27.6 Å².